The van der Waals surface area contributed by atoms with Gasteiger partial charge in [-0.2, -0.15) is 5.26 Å². The molecular weight excluding hydrogens is 342 g/mol. The molecule has 2 fully saturated rings. The van der Waals surface area contributed by atoms with Gasteiger partial charge in [-0.3, -0.25) is 9.59 Å². The van der Waals surface area contributed by atoms with Crippen molar-refractivity contribution >= 4 is 11.8 Å². The Balaban J connectivity index is 1.65. The summed E-state index contributed by atoms with van der Waals surface area (Å²) in [5.74, 6) is -0.188. The highest BCUT2D eigenvalue weighted by molar-refractivity contribution is 5.95. The Labute approximate surface area is 160 Å². The van der Waals surface area contributed by atoms with E-state index in [9.17, 15) is 14.7 Å². The lowest BCUT2D eigenvalue weighted by Crippen LogP contribution is -2.51. The molecule has 27 heavy (non-hydrogen) atoms. The van der Waals surface area contributed by atoms with Gasteiger partial charge in [0.2, 0.25) is 5.91 Å². The number of hydrogen-bond donors (Lipinski definition) is 1. The highest BCUT2D eigenvalue weighted by Gasteiger charge is 2.37. The van der Waals surface area contributed by atoms with Crippen LogP contribution in [0.5, 0.6) is 0 Å². The van der Waals surface area contributed by atoms with E-state index >= 15 is 0 Å². The Morgan fingerprint density at radius 1 is 1.11 bits per heavy atom. The van der Waals surface area contributed by atoms with Crippen LogP contribution in [-0.2, 0) is 4.79 Å². The third-order valence-electron chi connectivity index (χ3n) is 5.64. The fourth-order valence-electron chi connectivity index (χ4n) is 4.11. The van der Waals surface area contributed by atoms with Crippen LogP contribution in [0.15, 0.2) is 18.2 Å². The minimum Gasteiger partial charge on any atom is -0.375 e. The number of aliphatic hydroxyl groups is 1. The predicted octanol–water partition coefficient (Wildman–Crippen LogP) is 2.03. The molecule has 2 amide bonds. The third-order valence-corrected chi connectivity index (χ3v) is 5.64. The summed E-state index contributed by atoms with van der Waals surface area (Å²) in [6, 6.07) is 7.77. The first-order valence-electron chi connectivity index (χ1n) is 9.61. The molecule has 2 aliphatic rings. The molecule has 0 spiro atoms. The van der Waals surface area contributed by atoms with Crippen molar-refractivity contribution in [3.8, 4) is 6.07 Å². The van der Waals surface area contributed by atoms with E-state index in [2.05, 4.69) is 0 Å². The standard InChI is InChI=1S/C21H27N3O3/c1-15-10-16(2)12-18(11-15)20(26)24-7-3-4-17(13-24)19(25)23-8-5-21(27,14-22)6-9-23/h10-12,17,27H,3-9,13H2,1-2H3/t17-/m1/s1. The summed E-state index contributed by atoms with van der Waals surface area (Å²) in [5.41, 5.74) is 1.48. The molecule has 0 saturated carbocycles. The molecule has 6 nitrogen and oxygen atoms in total. The molecule has 144 valence electrons. The Kier molecular flexibility index (Phi) is 5.52. The van der Waals surface area contributed by atoms with E-state index in [1.54, 1.807) is 9.80 Å². The third kappa shape index (κ3) is 4.30. The van der Waals surface area contributed by atoms with Crippen LogP contribution in [0.4, 0.5) is 0 Å². The first-order valence-corrected chi connectivity index (χ1v) is 9.61. The zero-order valence-electron chi connectivity index (χ0n) is 16.1. The van der Waals surface area contributed by atoms with Crippen molar-refractivity contribution in [1.29, 1.82) is 5.26 Å². The summed E-state index contributed by atoms with van der Waals surface area (Å²) in [6.07, 6.45) is 2.15. The molecule has 2 aliphatic heterocycles. The Hall–Kier alpha value is -2.39. The van der Waals surface area contributed by atoms with Crippen LogP contribution >= 0.6 is 0 Å². The van der Waals surface area contributed by atoms with Gasteiger partial charge >= 0.3 is 0 Å². The van der Waals surface area contributed by atoms with Gasteiger partial charge in [0.05, 0.1) is 12.0 Å². The lowest BCUT2D eigenvalue weighted by molar-refractivity contribution is -0.139. The van der Waals surface area contributed by atoms with E-state index in [1.807, 2.05) is 38.1 Å². The average molecular weight is 369 g/mol. The first kappa shape index (κ1) is 19.4. The Morgan fingerprint density at radius 2 is 1.74 bits per heavy atom. The normalized spacial score (nSPS) is 22.2. The van der Waals surface area contributed by atoms with Gasteiger partial charge in [-0.25, -0.2) is 0 Å². The van der Waals surface area contributed by atoms with Crippen LogP contribution in [0, 0.1) is 31.1 Å². The fourth-order valence-corrected chi connectivity index (χ4v) is 4.11. The van der Waals surface area contributed by atoms with E-state index in [-0.39, 0.29) is 30.6 Å². The van der Waals surface area contributed by atoms with E-state index in [0.29, 0.717) is 31.7 Å². The predicted molar refractivity (Wildman–Crippen MR) is 101 cm³/mol. The van der Waals surface area contributed by atoms with E-state index < -0.39 is 5.60 Å². The van der Waals surface area contributed by atoms with Gasteiger partial charge in [0.15, 0.2) is 5.60 Å². The molecule has 0 bridgehead atoms. The molecule has 1 atom stereocenters. The number of carbonyl (C=O) groups excluding carboxylic acids is 2. The molecule has 2 saturated heterocycles. The number of nitrogens with zero attached hydrogens (tertiary/aromatic N) is 3. The molecule has 1 aromatic carbocycles. The van der Waals surface area contributed by atoms with Gasteiger partial charge in [-0.1, -0.05) is 17.2 Å². The van der Waals surface area contributed by atoms with Crippen molar-refractivity contribution in [3.05, 3.63) is 34.9 Å². The van der Waals surface area contributed by atoms with Crippen LogP contribution in [0.1, 0.15) is 47.2 Å². The Morgan fingerprint density at radius 3 is 2.33 bits per heavy atom. The second-order valence-corrected chi connectivity index (χ2v) is 7.94. The summed E-state index contributed by atoms with van der Waals surface area (Å²) < 4.78 is 0. The van der Waals surface area contributed by atoms with Crippen molar-refractivity contribution < 1.29 is 14.7 Å². The highest BCUT2D eigenvalue weighted by atomic mass is 16.3. The lowest BCUT2D eigenvalue weighted by atomic mass is 9.90. The van der Waals surface area contributed by atoms with Crippen LogP contribution in [0.3, 0.4) is 0 Å². The molecule has 6 heteroatoms. The maximum absolute atomic E-state index is 12.9. The van der Waals surface area contributed by atoms with Crippen LogP contribution in [-0.4, -0.2) is 58.5 Å². The minimum atomic E-state index is -1.31. The largest absolute Gasteiger partial charge is 0.375 e. The van der Waals surface area contributed by atoms with Crippen LogP contribution in [0.25, 0.3) is 0 Å². The number of carbonyl (C=O) groups is 2. The van der Waals surface area contributed by atoms with Gasteiger partial charge < -0.3 is 14.9 Å². The molecular formula is C21H27N3O3. The highest BCUT2D eigenvalue weighted by Crippen LogP contribution is 2.26. The number of nitriles is 1. The summed E-state index contributed by atoms with van der Waals surface area (Å²) in [5, 5.41) is 19.0. The quantitative estimate of drug-likeness (QED) is 0.809. The summed E-state index contributed by atoms with van der Waals surface area (Å²) in [4.78, 5) is 29.3. The summed E-state index contributed by atoms with van der Waals surface area (Å²) >= 11 is 0. The second-order valence-electron chi connectivity index (χ2n) is 7.94. The number of piperidine rings is 2. The number of aryl methyl sites for hydroxylation is 2. The first-order chi connectivity index (χ1) is 12.8. The van der Waals surface area contributed by atoms with Crippen LogP contribution < -0.4 is 0 Å². The molecule has 2 heterocycles. The molecule has 1 aromatic rings. The summed E-state index contributed by atoms with van der Waals surface area (Å²) in [7, 11) is 0. The molecule has 0 aliphatic carbocycles. The van der Waals surface area contributed by atoms with Crippen molar-refractivity contribution in [1.82, 2.24) is 9.80 Å². The van der Waals surface area contributed by atoms with Crippen LogP contribution in [0.2, 0.25) is 0 Å². The van der Waals surface area contributed by atoms with E-state index in [0.717, 1.165) is 24.0 Å². The average Bonchev–Trinajstić information content (AvgIpc) is 2.67. The number of benzene rings is 1. The maximum Gasteiger partial charge on any atom is 0.253 e. The smallest absolute Gasteiger partial charge is 0.253 e. The summed E-state index contributed by atoms with van der Waals surface area (Å²) in [6.45, 7) is 5.85. The fraction of sp³-hybridized carbons (Fsp3) is 0.571. The van der Waals surface area contributed by atoms with Crippen molar-refractivity contribution in [2.24, 2.45) is 5.92 Å². The second kappa shape index (κ2) is 7.69. The topological polar surface area (TPSA) is 84.6 Å². The SMILES string of the molecule is Cc1cc(C)cc(C(=O)N2CCC[C@@H](C(=O)N3CCC(O)(C#N)CC3)C2)c1. The minimum absolute atomic E-state index is 0.0169. The van der Waals surface area contributed by atoms with Gasteiger partial charge in [-0.05, 0) is 38.8 Å². The van der Waals surface area contributed by atoms with Gasteiger partial charge in [0.25, 0.3) is 5.91 Å². The number of rotatable bonds is 2. The van der Waals surface area contributed by atoms with Gasteiger partial charge in [-0.15, -0.1) is 0 Å². The zero-order valence-corrected chi connectivity index (χ0v) is 16.1. The van der Waals surface area contributed by atoms with E-state index in [4.69, 9.17) is 5.26 Å². The number of hydrogen-bond acceptors (Lipinski definition) is 4. The number of amides is 2. The van der Waals surface area contributed by atoms with Gasteiger partial charge in [0, 0.05) is 44.6 Å². The van der Waals surface area contributed by atoms with Crippen molar-refractivity contribution in [2.75, 3.05) is 26.2 Å². The molecule has 0 aromatic heterocycles. The van der Waals surface area contributed by atoms with E-state index in [1.165, 1.54) is 0 Å². The monoisotopic (exact) mass is 369 g/mol. The van der Waals surface area contributed by atoms with Gasteiger partial charge in [0.1, 0.15) is 0 Å². The van der Waals surface area contributed by atoms with Crippen molar-refractivity contribution in [3.63, 3.8) is 0 Å². The Bertz CT molecular complexity index is 755. The number of likely N-dealkylation sites (tertiary alicyclic amines) is 2. The molecule has 0 unspecified atom stereocenters. The zero-order chi connectivity index (χ0) is 19.6. The molecule has 0 radical (unpaired) electrons. The molecule has 1 N–H and O–H groups in total. The van der Waals surface area contributed by atoms with Crippen molar-refractivity contribution in [2.45, 2.75) is 45.1 Å². The lowest BCUT2D eigenvalue weighted by Gasteiger charge is -2.38. The maximum atomic E-state index is 12.9. The molecule has 3 rings (SSSR count).